The molecule has 12 rings (SSSR count). The van der Waals surface area contributed by atoms with Gasteiger partial charge in [0.25, 0.3) is 0 Å². The smallest absolute Gasteiger partial charge is 0.136 e. The second kappa shape index (κ2) is 13.5. The van der Waals surface area contributed by atoms with Crippen LogP contribution in [0.25, 0.3) is 77.6 Å². The van der Waals surface area contributed by atoms with Crippen molar-refractivity contribution in [2.45, 2.75) is 38.5 Å². The molecule has 9 aromatic carbocycles. The maximum absolute atomic E-state index is 6.39. The van der Waals surface area contributed by atoms with E-state index in [1.807, 2.05) is 6.07 Å². The van der Waals surface area contributed by atoms with Gasteiger partial charge >= 0.3 is 0 Å². The Morgan fingerprint density at radius 3 is 1.66 bits per heavy atom. The number of hydrogen-bond acceptors (Lipinski definition) is 2. The molecule has 1 aromatic heterocycles. The first kappa shape index (κ1) is 36.4. The van der Waals surface area contributed by atoms with Crippen LogP contribution in [-0.2, 0) is 10.8 Å². The van der Waals surface area contributed by atoms with E-state index in [1.54, 1.807) is 0 Å². The van der Waals surface area contributed by atoms with Crippen molar-refractivity contribution in [1.82, 2.24) is 0 Å². The molecule has 0 saturated heterocycles. The summed E-state index contributed by atoms with van der Waals surface area (Å²) in [6, 6.07) is 73.6. The number of nitrogens with zero attached hydrogens (tertiary/aromatic N) is 1. The fraction of sp³-hybridized carbons (Fsp3) is 0.100. The summed E-state index contributed by atoms with van der Waals surface area (Å²) in [6.07, 6.45) is 0. The molecular formula is C60H45NO. The normalized spacial score (nSPS) is 14.1. The Morgan fingerprint density at radius 2 is 0.871 bits per heavy atom. The molecule has 0 saturated carbocycles. The Hall–Kier alpha value is -7.42. The number of fused-ring (bicyclic) bond motifs is 9. The average Bonchev–Trinajstić information content (AvgIpc) is 3.89. The quantitative estimate of drug-likeness (QED) is 0.167. The molecule has 2 aliphatic rings. The number of para-hydroxylation sites is 3. The van der Waals surface area contributed by atoms with Gasteiger partial charge in [-0.15, -0.1) is 0 Å². The van der Waals surface area contributed by atoms with E-state index in [0.29, 0.717) is 0 Å². The molecule has 0 amide bonds. The molecule has 0 N–H and O–H groups in total. The Kier molecular flexibility index (Phi) is 7.96. The Balaban J connectivity index is 1.10. The van der Waals surface area contributed by atoms with Crippen molar-refractivity contribution in [3.63, 3.8) is 0 Å². The van der Waals surface area contributed by atoms with E-state index in [1.165, 1.54) is 66.8 Å². The number of anilines is 3. The fourth-order valence-corrected chi connectivity index (χ4v) is 11.0. The summed E-state index contributed by atoms with van der Waals surface area (Å²) in [5.74, 6) is 0. The lowest BCUT2D eigenvalue weighted by Gasteiger charge is -2.32. The average molecular weight is 796 g/mol. The van der Waals surface area contributed by atoms with Gasteiger partial charge in [-0.2, -0.15) is 0 Å². The molecule has 2 aliphatic carbocycles. The summed E-state index contributed by atoms with van der Waals surface area (Å²) in [6.45, 7) is 9.49. The molecule has 0 aliphatic heterocycles. The van der Waals surface area contributed by atoms with Crippen molar-refractivity contribution in [2.75, 3.05) is 4.90 Å². The summed E-state index contributed by atoms with van der Waals surface area (Å²) in [7, 11) is 0. The van der Waals surface area contributed by atoms with Crippen LogP contribution in [0.1, 0.15) is 49.9 Å². The summed E-state index contributed by atoms with van der Waals surface area (Å²) in [5, 5.41) is 2.26. The number of benzene rings is 9. The highest BCUT2D eigenvalue weighted by molar-refractivity contribution is 6.12. The van der Waals surface area contributed by atoms with Crippen LogP contribution in [0, 0.1) is 0 Å². The third kappa shape index (κ3) is 5.29. The van der Waals surface area contributed by atoms with E-state index >= 15 is 0 Å². The molecule has 10 aromatic rings. The highest BCUT2D eigenvalue weighted by atomic mass is 16.3. The van der Waals surface area contributed by atoms with E-state index in [2.05, 4.69) is 227 Å². The standard InChI is InChI=1S/C60H45NO/c1-59(2)50-28-10-5-21-43(50)45-35-34-39(37-52(45)59)41-20-7-12-30-53(41)61(40-19-15-18-38(36-40)42-25-17-33-56-57(42)49-24-9-14-32-55(49)62-56)54-31-13-8-23-46(54)48-27-16-26-47-44-22-6-11-29-51(44)60(3,4)58(47)48/h5-37H,1-4H3. The van der Waals surface area contributed by atoms with Crippen molar-refractivity contribution in [3.05, 3.63) is 222 Å². The van der Waals surface area contributed by atoms with Gasteiger partial charge in [-0.1, -0.05) is 185 Å². The molecule has 2 heteroatoms. The maximum atomic E-state index is 6.39. The number of hydrogen-bond donors (Lipinski definition) is 0. The summed E-state index contributed by atoms with van der Waals surface area (Å²) < 4.78 is 6.39. The molecule has 0 atom stereocenters. The van der Waals surface area contributed by atoms with Crippen LogP contribution in [0.4, 0.5) is 17.1 Å². The third-order valence-electron chi connectivity index (χ3n) is 13.9. The van der Waals surface area contributed by atoms with E-state index in [-0.39, 0.29) is 10.8 Å². The lowest BCUT2D eigenvalue weighted by atomic mass is 9.78. The summed E-state index contributed by atoms with van der Waals surface area (Å²) >= 11 is 0. The van der Waals surface area contributed by atoms with Gasteiger partial charge in [0.2, 0.25) is 0 Å². The molecular weight excluding hydrogens is 751 g/mol. The topological polar surface area (TPSA) is 16.4 Å². The molecule has 0 fully saturated rings. The van der Waals surface area contributed by atoms with Crippen molar-refractivity contribution >= 4 is 39.0 Å². The van der Waals surface area contributed by atoms with Gasteiger partial charge in [0.15, 0.2) is 0 Å². The highest BCUT2D eigenvalue weighted by Crippen LogP contribution is 2.55. The zero-order chi connectivity index (χ0) is 41.7. The van der Waals surface area contributed by atoms with Gasteiger partial charge in [-0.25, -0.2) is 0 Å². The van der Waals surface area contributed by atoms with Gasteiger partial charge in [-0.3, -0.25) is 0 Å². The van der Waals surface area contributed by atoms with Gasteiger partial charge < -0.3 is 9.32 Å². The lowest BCUT2D eigenvalue weighted by Crippen LogP contribution is -2.17. The lowest BCUT2D eigenvalue weighted by molar-refractivity contribution is 0.660. The first-order valence-electron chi connectivity index (χ1n) is 21.8. The van der Waals surface area contributed by atoms with Crippen molar-refractivity contribution in [2.24, 2.45) is 0 Å². The van der Waals surface area contributed by atoms with Gasteiger partial charge in [0.05, 0.1) is 11.4 Å². The van der Waals surface area contributed by atoms with Gasteiger partial charge in [0, 0.05) is 38.4 Å². The summed E-state index contributed by atoms with van der Waals surface area (Å²) in [4.78, 5) is 2.50. The van der Waals surface area contributed by atoms with Crippen LogP contribution in [0.15, 0.2) is 205 Å². The largest absolute Gasteiger partial charge is 0.456 e. The Morgan fingerprint density at radius 1 is 0.355 bits per heavy atom. The molecule has 0 radical (unpaired) electrons. The van der Waals surface area contributed by atoms with Crippen LogP contribution < -0.4 is 4.90 Å². The van der Waals surface area contributed by atoms with Crippen LogP contribution in [0.2, 0.25) is 0 Å². The first-order valence-corrected chi connectivity index (χ1v) is 21.8. The van der Waals surface area contributed by atoms with Crippen LogP contribution in [-0.4, -0.2) is 0 Å². The second-order valence-corrected chi connectivity index (χ2v) is 18.0. The van der Waals surface area contributed by atoms with Crippen molar-refractivity contribution in [3.8, 4) is 55.6 Å². The molecule has 2 nitrogen and oxygen atoms in total. The minimum Gasteiger partial charge on any atom is -0.456 e. The van der Waals surface area contributed by atoms with E-state index in [0.717, 1.165) is 50.1 Å². The fourth-order valence-electron chi connectivity index (χ4n) is 11.0. The van der Waals surface area contributed by atoms with Gasteiger partial charge in [0.1, 0.15) is 11.2 Å². The zero-order valence-electron chi connectivity index (χ0n) is 35.4. The van der Waals surface area contributed by atoms with Gasteiger partial charge in [-0.05, 0) is 109 Å². The predicted molar refractivity (Wildman–Crippen MR) is 260 cm³/mol. The molecule has 0 spiro atoms. The third-order valence-corrected chi connectivity index (χ3v) is 13.9. The highest BCUT2D eigenvalue weighted by Gasteiger charge is 2.38. The zero-order valence-corrected chi connectivity index (χ0v) is 35.4. The second-order valence-electron chi connectivity index (χ2n) is 18.0. The minimum absolute atomic E-state index is 0.117. The van der Waals surface area contributed by atoms with Crippen molar-refractivity contribution in [1.29, 1.82) is 0 Å². The minimum atomic E-state index is -0.181. The van der Waals surface area contributed by atoms with E-state index in [9.17, 15) is 0 Å². The Labute approximate surface area is 363 Å². The van der Waals surface area contributed by atoms with Crippen molar-refractivity contribution < 1.29 is 4.42 Å². The van der Waals surface area contributed by atoms with Crippen LogP contribution >= 0.6 is 0 Å². The molecule has 1 heterocycles. The molecule has 0 unspecified atom stereocenters. The molecule has 296 valence electrons. The van der Waals surface area contributed by atoms with E-state index in [4.69, 9.17) is 4.42 Å². The SMILES string of the molecule is CC1(C)c2ccccc2-c2ccc(-c3ccccc3N(c3cccc(-c4cccc5oc6ccccc6c45)c3)c3ccccc3-c3cccc4c3C(C)(C)c3ccccc3-4)cc21. The number of rotatable bonds is 6. The maximum Gasteiger partial charge on any atom is 0.136 e. The monoisotopic (exact) mass is 795 g/mol. The molecule has 0 bridgehead atoms. The Bertz CT molecular complexity index is 3430. The van der Waals surface area contributed by atoms with E-state index < -0.39 is 0 Å². The number of furan rings is 1. The summed E-state index contributed by atoms with van der Waals surface area (Å²) in [5.41, 5.74) is 22.7. The van der Waals surface area contributed by atoms with Crippen LogP contribution in [0.5, 0.6) is 0 Å². The predicted octanol–water partition coefficient (Wildman–Crippen LogP) is 16.7. The first-order chi connectivity index (χ1) is 30.3. The van der Waals surface area contributed by atoms with Crippen LogP contribution in [0.3, 0.4) is 0 Å². The molecule has 62 heavy (non-hydrogen) atoms.